The van der Waals surface area contributed by atoms with Crippen molar-refractivity contribution in [2.75, 3.05) is 33.1 Å². The molecule has 1 unspecified atom stereocenters. The number of rotatable bonds is 7. The van der Waals surface area contributed by atoms with Gasteiger partial charge in [-0.3, -0.25) is 14.5 Å². The van der Waals surface area contributed by atoms with Crippen molar-refractivity contribution in [1.29, 1.82) is 0 Å². The summed E-state index contributed by atoms with van der Waals surface area (Å²) in [6, 6.07) is -0.445. The Hall–Kier alpha value is -1.40. The largest absolute Gasteiger partial charge is 0.466 e. The number of carbonyl (C=O) groups is 2. The van der Waals surface area contributed by atoms with Gasteiger partial charge in [0.25, 0.3) is 0 Å². The number of carbonyl (C=O) groups excluding carboxylic acids is 2. The minimum Gasteiger partial charge on any atom is -0.466 e. The molecule has 0 N–H and O–H groups in total. The first-order valence-corrected chi connectivity index (χ1v) is 5.94. The van der Waals surface area contributed by atoms with E-state index in [4.69, 9.17) is 14.2 Å². The Balaban J connectivity index is 2.37. The molecule has 1 fully saturated rings. The maximum absolute atomic E-state index is 11.7. The third-order valence-corrected chi connectivity index (χ3v) is 2.50. The second-order valence-corrected chi connectivity index (χ2v) is 3.80. The lowest BCUT2D eigenvalue weighted by Gasteiger charge is -2.19. The van der Waals surface area contributed by atoms with Gasteiger partial charge in [0.1, 0.15) is 12.6 Å². The van der Waals surface area contributed by atoms with Crippen LogP contribution in [0.5, 0.6) is 0 Å². The molecule has 0 spiro atoms. The van der Waals surface area contributed by atoms with E-state index in [1.165, 1.54) is 6.08 Å². The van der Waals surface area contributed by atoms with Crippen LogP contribution in [0.25, 0.3) is 0 Å². The molecule has 0 aromatic carbocycles. The molecule has 0 aromatic heterocycles. The van der Waals surface area contributed by atoms with E-state index < -0.39 is 6.04 Å². The Bertz CT molecular complexity index is 305. The van der Waals surface area contributed by atoms with E-state index in [1.807, 2.05) is 0 Å². The van der Waals surface area contributed by atoms with Crippen LogP contribution >= 0.6 is 0 Å². The smallest absolute Gasteiger partial charge is 0.326 e. The molecule has 1 heterocycles. The molecule has 6 nitrogen and oxygen atoms in total. The van der Waals surface area contributed by atoms with Gasteiger partial charge >= 0.3 is 11.9 Å². The second-order valence-electron chi connectivity index (χ2n) is 3.80. The molecule has 1 aliphatic rings. The summed E-state index contributed by atoms with van der Waals surface area (Å²) in [7, 11) is 0. The molecule has 0 bridgehead atoms. The topological polar surface area (TPSA) is 65.1 Å². The van der Waals surface area contributed by atoms with Crippen molar-refractivity contribution >= 4 is 11.9 Å². The second kappa shape index (κ2) is 7.84. The molecular weight excluding hydrogens is 238 g/mol. The lowest BCUT2D eigenvalue weighted by Crippen LogP contribution is -2.40. The fourth-order valence-corrected chi connectivity index (χ4v) is 1.62. The van der Waals surface area contributed by atoms with E-state index in [-0.39, 0.29) is 25.0 Å². The Morgan fingerprint density at radius 3 is 2.94 bits per heavy atom. The van der Waals surface area contributed by atoms with Crippen LogP contribution in [0.1, 0.15) is 13.3 Å². The predicted molar refractivity (Wildman–Crippen MR) is 63.7 cm³/mol. The van der Waals surface area contributed by atoms with Crippen molar-refractivity contribution in [3.05, 3.63) is 12.7 Å². The minimum atomic E-state index is -0.445. The molecule has 0 radical (unpaired) electrons. The van der Waals surface area contributed by atoms with Crippen LogP contribution < -0.4 is 0 Å². The molecule has 0 amide bonds. The minimum absolute atomic E-state index is 0.182. The zero-order chi connectivity index (χ0) is 13.4. The van der Waals surface area contributed by atoms with Crippen LogP contribution in [0.2, 0.25) is 0 Å². The maximum atomic E-state index is 11.7. The fraction of sp³-hybridized carbons (Fsp3) is 0.667. The van der Waals surface area contributed by atoms with Crippen LogP contribution in [-0.4, -0.2) is 56.0 Å². The van der Waals surface area contributed by atoms with Gasteiger partial charge in [0.2, 0.25) is 0 Å². The molecule has 1 aliphatic heterocycles. The van der Waals surface area contributed by atoms with E-state index >= 15 is 0 Å². The summed E-state index contributed by atoms with van der Waals surface area (Å²) in [5.41, 5.74) is 0. The molecule has 0 aromatic rings. The molecule has 1 atom stereocenters. The van der Waals surface area contributed by atoms with Gasteiger partial charge in [0.15, 0.2) is 0 Å². The standard InChI is InChI=1S/C12H19NO5/c1-3-7-18-12(15)10-8-16-9-13(10)6-5-11(14)17-4-2/h3,10H,1,4-9H2,2H3. The molecule has 6 heteroatoms. The molecule has 102 valence electrons. The summed E-state index contributed by atoms with van der Waals surface area (Å²) < 4.78 is 15.0. The van der Waals surface area contributed by atoms with Crippen LogP contribution in [0.15, 0.2) is 12.7 Å². The normalized spacial score (nSPS) is 19.5. The molecule has 0 aliphatic carbocycles. The SMILES string of the molecule is C=CCOC(=O)C1COCN1CCC(=O)OCC. The van der Waals surface area contributed by atoms with E-state index in [9.17, 15) is 9.59 Å². The lowest BCUT2D eigenvalue weighted by molar-refractivity contribution is -0.149. The van der Waals surface area contributed by atoms with Crippen molar-refractivity contribution in [1.82, 2.24) is 4.90 Å². The maximum Gasteiger partial charge on any atom is 0.326 e. The molecular formula is C12H19NO5. The van der Waals surface area contributed by atoms with Crippen molar-refractivity contribution in [2.45, 2.75) is 19.4 Å². The number of esters is 2. The van der Waals surface area contributed by atoms with E-state index in [0.29, 0.717) is 26.5 Å². The van der Waals surface area contributed by atoms with Crippen molar-refractivity contribution in [3.63, 3.8) is 0 Å². The first kappa shape index (κ1) is 14.7. The number of hydrogen-bond donors (Lipinski definition) is 0. The first-order valence-electron chi connectivity index (χ1n) is 5.94. The monoisotopic (exact) mass is 257 g/mol. The highest BCUT2D eigenvalue weighted by atomic mass is 16.5. The van der Waals surface area contributed by atoms with Gasteiger partial charge in [-0.25, -0.2) is 0 Å². The van der Waals surface area contributed by atoms with E-state index in [1.54, 1.807) is 11.8 Å². The summed E-state index contributed by atoms with van der Waals surface area (Å²) in [5.74, 6) is -0.626. The fourth-order valence-electron chi connectivity index (χ4n) is 1.62. The highest BCUT2D eigenvalue weighted by molar-refractivity contribution is 5.76. The highest BCUT2D eigenvalue weighted by Crippen LogP contribution is 2.12. The zero-order valence-electron chi connectivity index (χ0n) is 10.6. The molecule has 18 heavy (non-hydrogen) atoms. The Kier molecular flexibility index (Phi) is 6.38. The first-order chi connectivity index (χ1) is 8.69. The van der Waals surface area contributed by atoms with Crippen molar-refractivity contribution < 1.29 is 23.8 Å². The van der Waals surface area contributed by atoms with Crippen LogP contribution in [-0.2, 0) is 23.8 Å². The number of ether oxygens (including phenoxy) is 3. The van der Waals surface area contributed by atoms with Gasteiger partial charge in [0.05, 0.1) is 26.4 Å². The van der Waals surface area contributed by atoms with Crippen molar-refractivity contribution in [3.8, 4) is 0 Å². The molecule has 1 rings (SSSR count). The Morgan fingerprint density at radius 2 is 2.28 bits per heavy atom. The molecule has 0 saturated carbocycles. The van der Waals surface area contributed by atoms with Crippen LogP contribution in [0, 0.1) is 0 Å². The third-order valence-electron chi connectivity index (χ3n) is 2.50. The van der Waals surface area contributed by atoms with Crippen LogP contribution in [0.4, 0.5) is 0 Å². The lowest BCUT2D eigenvalue weighted by atomic mass is 10.2. The average Bonchev–Trinajstić information content (AvgIpc) is 2.82. The zero-order valence-corrected chi connectivity index (χ0v) is 10.6. The van der Waals surface area contributed by atoms with Gasteiger partial charge in [-0.2, -0.15) is 0 Å². The summed E-state index contributed by atoms with van der Waals surface area (Å²) in [6.07, 6.45) is 1.75. The van der Waals surface area contributed by atoms with E-state index in [0.717, 1.165) is 0 Å². The van der Waals surface area contributed by atoms with E-state index in [2.05, 4.69) is 6.58 Å². The van der Waals surface area contributed by atoms with Gasteiger partial charge in [-0.1, -0.05) is 12.7 Å². The van der Waals surface area contributed by atoms with Gasteiger partial charge < -0.3 is 14.2 Å². The van der Waals surface area contributed by atoms with Gasteiger partial charge in [0, 0.05) is 6.54 Å². The summed E-state index contributed by atoms with van der Waals surface area (Å²) in [6.45, 7) is 6.81. The highest BCUT2D eigenvalue weighted by Gasteiger charge is 2.32. The van der Waals surface area contributed by atoms with Crippen molar-refractivity contribution in [2.24, 2.45) is 0 Å². The third kappa shape index (κ3) is 4.46. The molecule has 1 saturated heterocycles. The summed E-state index contributed by atoms with van der Waals surface area (Å²) >= 11 is 0. The average molecular weight is 257 g/mol. The number of nitrogens with zero attached hydrogens (tertiary/aromatic N) is 1. The summed E-state index contributed by atoms with van der Waals surface area (Å²) in [5, 5.41) is 0. The number of hydrogen-bond acceptors (Lipinski definition) is 6. The Labute approximate surface area is 106 Å². The predicted octanol–water partition coefficient (Wildman–Crippen LogP) is 0.327. The van der Waals surface area contributed by atoms with Crippen LogP contribution in [0.3, 0.4) is 0 Å². The summed E-state index contributed by atoms with van der Waals surface area (Å²) in [4.78, 5) is 24.7. The van der Waals surface area contributed by atoms with Gasteiger partial charge in [-0.05, 0) is 6.92 Å². The van der Waals surface area contributed by atoms with Gasteiger partial charge in [-0.15, -0.1) is 0 Å². The Morgan fingerprint density at radius 1 is 1.50 bits per heavy atom. The quantitative estimate of drug-likeness (QED) is 0.483.